The summed E-state index contributed by atoms with van der Waals surface area (Å²) in [6.45, 7) is 3.91. The summed E-state index contributed by atoms with van der Waals surface area (Å²) < 4.78 is 32.6. The SMILES string of the molecule is Cc1cc(N2CCN(S(=O)(=O)c3ccc(Br)cc3)CC2)no1. The second-order valence-electron chi connectivity index (χ2n) is 5.14. The molecule has 2 aromatic rings. The van der Waals surface area contributed by atoms with Gasteiger partial charge in [0.25, 0.3) is 0 Å². The third-order valence-electron chi connectivity index (χ3n) is 3.63. The lowest BCUT2D eigenvalue weighted by molar-refractivity contribution is 0.371. The van der Waals surface area contributed by atoms with Gasteiger partial charge in [-0.2, -0.15) is 4.31 Å². The van der Waals surface area contributed by atoms with Gasteiger partial charge in [-0.15, -0.1) is 0 Å². The summed E-state index contributed by atoms with van der Waals surface area (Å²) >= 11 is 3.31. The molecule has 0 amide bonds. The molecule has 0 aliphatic carbocycles. The van der Waals surface area contributed by atoms with Crippen molar-refractivity contribution < 1.29 is 12.9 Å². The molecule has 3 rings (SSSR count). The predicted octanol–water partition coefficient (Wildman–Crippen LogP) is 2.26. The summed E-state index contributed by atoms with van der Waals surface area (Å²) in [4.78, 5) is 2.35. The van der Waals surface area contributed by atoms with E-state index in [-0.39, 0.29) is 0 Å². The maximum absolute atomic E-state index is 12.6. The zero-order valence-corrected chi connectivity index (χ0v) is 14.5. The van der Waals surface area contributed by atoms with Gasteiger partial charge in [-0.1, -0.05) is 21.1 Å². The van der Waals surface area contributed by atoms with Gasteiger partial charge in [-0.25, -0.2) is 8.42 Å². The molecule has 1 saturated heterocycles. The Morgan fingerprint density at radius 3 is 2.32 bits per heavy atom. The van der Waals surface area contributed by atoms with Crippen molar-refractivity contribution in [1.82, 2.24) is 9.46 Å². The Morgan fingerprint density at radius 2 is 1.77 bits per heavy atom. The summed E-state index contributed by atoms with van der Waals surface area (Å²) in [5, 5.41) is 3.97. The molecule has 1 aromatic heterocycles. The normalized spacial score (nSPS) is 16.9. The monoisotopic (exact) mass is 385 g/mol. The highest BCUT2D eigenvalue weighted by atomic mass is 79.9. The highest BCUT2D eigenvalue weighted by molar-refractivity contribution is 9.10. The van der Waals surface area contributed by atoms with Crippen LogP contribution in [-0.4, -0.2) is 44.1 Å². The molecule has 2 heterocycles. The van der Waals surface area contributed by atoms with Crippen molar-refractivity contribution >= 4 is 31.8 Å². The quantitative estimate of drug-likeness (QED) is 0.810. The van der Waals surface area contributed by atoms with Crippen LogP contribution >= 0.6 is 15.9 Å². The molecule has 0 unspecified atom stereocenters. The standard InChI is InChI=1S/C14H16BrN3O3S/c1-11-10-14(16-21-11)17-6-8-18(9-7-17)22(19,20)13-4-2-12(15)3-5-13/h2-5,10H,6-9H2,1H3. The second kappa shape index (κ2) is 6.02. The number of hydrogen-bond donors (Lipinski definition) is 0. The van der Waals surface area contributed by atoms with E-state index in [0.29, 0.717) is 31.1 Å². The van der Waals surface area contributed by atoms with E-state index in [0.717, 1.165) is 16.1 Å². The molecular formula is C14H16BrN3O3S. The van der Waals surface area contributed by atoms with E-state index in [1.165, 1.54) is 4.31 Å². The van der Waals surface area contributed by atoms with Crippen molar-refractivity contribution in [3.05, 3.63) is 40.6 Å². The third kappa shape index (κ3) is 3.04. The van der Waals surface area contributed by atoms with E-state index in [2.05, 4.69) is 21.1 Å². The van der Waals surface area contributed by atoms with Gasteiger partial charge in [0.1, 0.15) is 5.76 Å². The van der Waals surface area contributed by atoms with Crippen LogP contribution in [0, 0.1) is 6.92 Å². The molecule has 1 aliphatic heterocycles. The van der Waals surface area contributed by atoms with Crippen LogP contribution in [0.1, 0.15) is 5.76 Å². The van der Waals surface area contributed by atoms with Gasteiger partial charge >= 0.3 is 0 Å². The fourth-order valence-corrected chi connectivity index (χ4v) is 4.10. The first-order chi connectivity index (χ1) is 10.5. The molecule has 1 aromatic carbocycles. The number of nitrogens with zero attached hydrogens (tertiary/aromatic N) is 3. The summed E-state index contributed by atoms with van der Waals surface area (Å²) in [6.07, 6.45) is 0. The molecule has 0 spiro atoms. The van der Waals surface area contributed by atoms with Gasteiger partial charge in [-0.3, -0.25) is 0 Å². The molecule has 6 nitrogen and oxygen atoms in total. The van der Waals surface area contributed by atoms with Gasteiger partial charge in [0.05, 0.1) is 4.90 Å². The molecular weight excluding hydrogens is 370 g/mol. The number of halogens is 1. The van der Waals surface area contributed by atoms with Gasteiger partial charge in [0.15, 0.2) is 5.82 Å². The molecule has 0 saturated carbocycles. The number of benzene rings is 1. The zero-order chi connectivity index (χ0) is 15.7. The minimum atomic E-state index is -3.44. The molecule has 118 valence electrons. The van der Waals surface area contributed by atoms with Crippen LogP contribution in [0.3, 0.4) is 0 Å². The number of rotatable bonds is 3. The smallest absolute Gasteiger partial charge is 0.243 e. The summed E-state index contributed by atoms with van der Waals surface area (Å²) in [7, 11) is -3.44. The van der Waals surface area contributed by atoms with Crippen molar-refractivity contribution in [2.24, 2.45) is 0 Å². The first kappa shape index (κ1) is 15.5. The van der Waals surface area contributed by atoms with Crippen LogP contribution in [0.2, 0.25) is 0 Å². The first-order valence-electron chi connectivity index (χ1n) is 6.91. The highest BCUT2D eigenvalue weighted by Gasteiger charge is 2.29. The Morgan fingerprint density at radius 1 is 1.14 bits per heavy atom. The molecule has 0 bridgehead atoms. The lowest BCUT2D eigenvalue weighted by atomic mass is 10.3. The maximum Gasteiger partial charge on any atom is 0.243 e. The number of anilines is 1. The van der Waals surface area contributed by atoms with E-state index in [1.807, 2.05) is 17.9 Å². The predicted molar refractivity (Wildman–Crippen MR) is 86.4 cm³/mol. The van der Waals surface area contributed by atoms with E-state index in [1.54, 1.807) is 24.3 Å². The van der Waals surface area contributed by atoms with Gasteiger partial charge < -0.3 is 9.42 Å². The minimum absolute atomic E-state index is 0.321. The summed E-state index contributed by atoms with van der Waals surface area (Å²) in [6, 6.07) is 8.57. The van der Waals surface area contributed by atoms with Crippen LogP contribution in [0.5, 0.6) is 0 Å². The van der Waals surface area contributed by atoms with Crippen molar-refractivity contribution in [3.8, 4) is 0 Å². The molecule has 22 heavy (non-hydrogen) atoms. The zero-order valence-electron chi connectivity index (χ0n) is 12.1. The highest BCUT2D eigenvalue weighted by Crippen LogP contribution is 2.22. The minimum Gasteiger partial charge on any atom is -0.360 e. The Labute approximate surface area is 137 Å². The van der Waals surface area contributed by atoms with Gasteiger partial charge in [0, 0.05) is 36.7 Å². The van der Waals surface area contributed by atoms with Crippen molar-refractivity contribution in [2.75, 3.05) is 31.1 Å². The van der Waals surface area contributed by atoms with Crippen LogP contribution in [0.25, 0.3) is 0 Å². The largest absolute Gasteiger partial charge is 0.360 e. The lowest BCUT2D eigenvalue weighted by Gasteiger charge is -2.33. The maximum atomic E-state index is 12.6. The average Bonchev–Trinajstić information content (AvgIpc) is 2.94. The van der Waals surface area contributed by atoms with E-state index in [9.17, 15) is 8.42 Å². The number of hydrogen-bond acceptors (Lipinski definition) is 5. The molecule has 0 atom stereocenters. The number of aryl methyl sites for hydroxylation is 1. The molecule has 1 aliphatic rings. The number of aromatic nitrogens is 1. The van der Waals surface area contributed by atoms with E-state index in [4.69, 9.17) is 4.52 Å². The van der Waals surface area contributed by atoms with Crippen LogP contribution in [0.15, 0.2) is 44.2 Å². The van der Waals surface area contributed by atoms with Crippen molar-refractivity contribution in [3.63, 3.8) is 0 Å². The van der Waals surface area contributed by atoms with Gasteiger partial charge in [-0.05, 0) is 31.2 Å². The Kier molecular flexibility index (Phi) is 4.24. The molecule has 1 fully saturated rings. The first-order valence-corrected chi connectivity index (χ1v) is 9.14. The average molecular weight is 386 g/mol. The third-order valence-corrected chi connectivity index (χ3v) is 6.07. The van der Waals surface area contributed by atoms with Crippen LogP contribution < -0.4 is 4.90 Å². The molecule has 0 radical (unpaired) electrons. The van der Waals surface area contributed by atoms with Crippen LogP contribution in [0.4, 0.5) is 5.82 Å². The fourth-order valence-electron chi connectivity index (χ4n) is 2.42. The van der Waals surface area contributed by atoms with E-state index >= 15 is 0 Å². The van der Waals surface area contributed by atoms with Crippen molar-refractivity contribution in [2.45, 2.75) is 11.8 Å². The van der Waals surface area contributed by atoms with Crippen molar-refractivity contribution in [1.29, 1.82) is 0 Å². The fraction of sp³-hybridized carbons (Fsp3) is 0.357. The Balaban J connectivity index is 1.71. The Bertz CT molecular complexity index is 750. The molecule has 0 N–H and O–H groups in total. The Hall–Kier alpha value is -1.38. The summed E-state index contributed by atoms with van der Waals surface area (Å²) in [5.41, 5.74) is 0. The van der Waals surface area contributed by atoms with Gasteiger partial charge in [0.2, 0.25) is 10.0 Å². The lowest BCUT2D eigenvalue weighted by Crippen LogP contribution is -2.48. The second-order valence-corrected chi connectivity index (χ2v) is 7.99. The van der Waals surface area contributed by atoms with E-state index < -0.39 is 10.0 Å². The summed E-state index contributed by atoms with van der Waals surface area (Å²) in [5.74, 6) is 1.51. The topological polar surface area (TPSA) is 66.7 Å². The van der Waals surface area contributed by atoms with Crippen LogP contribution in [-0.2, 0) is 10.0 Å². The molecule has 8 heteroatoms. The number of sulfonamides is 1. The number of piperazine rings is 1.